The Labute approximate surface area is 74.3 Å². The Kier molecular flexibility index (Phi) is 10.6. The Morgan fingerprint density at radius 2 is 1.56 bits per heavy atom. The maximum absolute atomic E-state index is 5.39. The maximum atomic E-state index is 5.39. The molecule has 0 aliphatic carbocycles. The van der Waals surface area contributed by atoms with E-state index in [1.54, 1.807) is 7.11 Å². The van der Waals surface area contributed by atoms with E-state index in [9.17, 15) is 0 Å². The average Bonchev–Trinajstić information content (AvgIpc) is 1.67. The van der Waals surface area contributed by atoms with Crippen LogP contribution in [0.2, 0.25) is 6.04 Å². The second kappa shape index (κ2) is 7.37. The van der Waals surface area contributed by atoms with Crippen LogP contribution in [-0.4, -0.2) is 23.6 Å². The van der Waals surface area contributed by atoms with Gasteiger partial charge in [0, 0.05) is 7.11 Å². The highest BCUT2D eigenvalue weighted by Gasteiger charge is 2.20. The molecule has 0 saturated carbocycles. The van der Waals surface area contributed by atoms with Crippen molar-refractivity contribution in [3.8, 4) is 0 Å². The normalized spacial score (nSPS) is 10.3. The van der Waals surface area contributed by atoms with Crippen LogP contribution in [0.3, 0.4) is 0 Å². The molecule has 0 amide bonds. The van der Waals surface area contributed by atoms with E-state index < -0.39 is 6.00 Å². The van der Waals surface area contributed by atoms with Gasteiger partial charge in [-0.2, -0.15) is 0 Å². The molecule has 0 aromatic rings. The van der Waals surface area contributed by atoms with E-state index in [0.717, 1.165) is 10.5 Å². The van der Waals surface area contributed by atoms with Crippen LogP contribution in [0.25, 0.3) is 0 Å². The fourth-order valence-corrected chi connectivity index (χ4v) is 0. The topological polar surface area (TPSA) is 9.23 Å². The van der Waals surface area contributed by atoms with Crippen molar-refractivity contribution >= 4 is 49.7 Å². The van der Waals surface area contributed by atoms with Crippen LogP contribution in [0, 0.1) is 0 Å². The van der Waals surface area contributed by atoms with Crippen LogP contribution in [0.5, 0.6) is 0 Å². The van der Waals surface area contributed by atoms with Crippen molar-refractivity contribution in [2.75, 3.05) is 7.11 Å². The van der Waals surface area contributed by atoms with Gasteiger partial charge in [-0.3, -0.25) is 0 Å². The molecule has 1 nitrogen and oxygen atoms in total. The van der Waals surface area contributed by atoms with E-state index in [1.165, 1.54) is 0 Å². The molecule has 0 heterocycles. The molecule has 58 valence electrons. The van der Waals surface area contributed by atoms with Crippen molar-refractivity contribution in [1.29, 1.82) is 0 Å². The number of hydrogen-bond acceptors (Lipinski definition) is 1. The van der Waals surface area contributed by atoms with E-state index in [4.69, 9.17) is 33.2 Å². The van der Waals surface area contributed by atoms with E-state index >= 15 is 0 Å². The molecule has 0 radical (unpaired) electrons. The van der Waals surface area contributed by atoms with Crippen LogP contribution in [0.1, 0.15) is 6.92 Å². The highest BCUT2D eigenvalue weighted by Crippen LogP contribution is 2.23. The number of rotatable bonds is 1. The Morgan fingerprint density at radius 1 is 1.44 bits per heavy atom. The van der Waals surface area contributed by atoms with Crippen molar-refractivity contribution in [2.24, 2.45) is 0 Å². The third-order valence-electron chi connectivity index (χ3n) is 0.401. The first-order valence-corrected chi connectivity index (χ1v) is 8.50. The second-order valence-electron chi connectivity index (χ2n) is 1.38. The molecule has 0 rings (SSSR count). The van der Waals surface area contributed by atoms with Crippen molar-refractivity contribution in [3.63, 3.8) is 0 Å². The molecular weight excluding hydrogens is 215 g/mol. The van der Waals surface area contributed by atoms with Crippen LogP contribution in [0.15, 0.2) is 0 Å². The first-order valence-electron chi connectivity index (χ1n) is 2.44. The molecule has 0 atom stereocenters. The van der Waals surface area contributed by atoms with Gasteiger partial charge in [-0.05, 0) is 6.04 Å². The summed E-state index contributed by atoms with van der Waals surface area (Å²) in [7, 11) is 2.56. The predicted octanol–water partition coefficient (Wildman–Crippen LogP) is 1.57. The lowest BCUT2D eigenvalue weighted by molar-refractivity contribution is 0.460. The van der Waals surface area contributed by atoms with Gasteiger partial charge in [0.25, 0.3) is 0 Å². The molecule has 0 aliphatic rings. The van der Waals surface area contributed by atoms with E-state index in [1.807, 2.05) is 6.92 Å². The zero-order chi connectivity index (χ0) is 7.91. The van der Waals surface area contributed by atoms with E-state index in [0.29, 0.717) is 6.04 Å². The van der Waals surface area contributed by atoms with Gasteiger partial charge in [0.15, 0.2) is 0 Å². The summed E-state index contributed by atoms with van der Waals surface area (Å²) in [5, 5.41) is 0. The van der Waals surface area contributed by atoms with E-state index in [-0.39, 0.29) is 0 Å². The summed E-state index contributed by atoms with van der Waals surface area (Å²) in [4.78, 5) is 0. The highest BCUT2D eigenvalue weighted by molar-refractivity contribution is 7.64. The third kappa shape index (κ3) is 26.9. The summed E-state index contributed by atoms with van der Waals surface area (Å²) in [6.45, 7) is 1.87. The Bertz CT molecular complexity index is 55.5. The molecule has 6 heteroatoms. The lowest BCUT2D eigenvalue weighted by Gasteiger charge is -1.98. The van der Waals surface area contributed by atoms with Crippen LogP contribution >= 0.6 is 33.2 Å². The first kappa shape index (κ1) is 12.9. The van der Waals surface area contributed by atoms with Gasteiger partial charge in [-0.1, -0.05) is 6.92 Å². The molecule has 0 aliphatic heterocycles. The monoisotopic (exact) mass is 224 g/mol. The summed E-state index contributed by atoms with van der Waals surface area (Å²) in [5.41, 5.74) is 0. The maximum Gasteiger partial charge on any atom is 0.341 e. The quantitative estimate of drug-likeness (QED) is 0.486. The molecule has 0 N–H and O–H groups in total. The number of halogens is 3. The van der Waals surface area contributed by atoms with Crippen molar-refractivity contribution in [2.45, 2.75) is 13.0 Å². The molecule has 9 heavy (non-hydrogen) atoms. The highest BCUT2D eigenvalue weighted by atomic mass is 35.8. The minimum absolute atomic E-state index is 0.706. The van der Waals surface area contributed by atoms with Crippen LogP contribution < -0.4 is 0 Å². The Morgan fingerprint density at radius 3 is 1.56 bits per heavy atom. The van der Waals surface area contributed by atoms with Gasteiger partial charge in [0.05, 0.1) is 0 Å². The SMILES string of the molecule is CC[Si](Cl)(Cl)Cl.CO[SiH3]. The minimum Gasteiger partial charge on any atom is -0.431 e. The Hall–Kier alpha value is 1.26. The largest absolute Gasteiger partial charge is 0.431 e. The smallest absolute Gasteiger partial charge is 0.341 e. The van der Waals surface area contributed by atoms with Gasteiger partial charge in [-0.25, -0.2) is 0 Å². The van der Waals surface area contributed by atoms with Crippen molar-refractivity contribution in [3.05, 3.63) is 0 Å². The lowest BCUT2D eigenvalue weighted by atomic mass is 11.0. The van der Waals surface area contributed by atoms with Crippen molar-refractivity contribution in [1.82, 2.24) is 0 Å². The fourth-order valence-electron chi connectivity index (χ4n) is 0. The van der Waals surface area contributed by atoms with Gasteiger partial charge < -0.3 is 4.43 Å². The third-order valence-corrected chi connectivity index (χ3v) is 3.61. The minimum atomic E-state index is -2.21. The molecule has 0 spiro atoms. The first-order chi connectivity index (χ1) is 3.97. The van der Waals surface area contributed by atoms with Gasteiger partial charge in [0.1, 0.15) is 10.5 Å². The molecular formula is C3H11Cl3OSi2. The standard InChI is InChI=1S/C2H5Cl3Si.CH6OSi/c1-2-6(3,4)5;1-2-3/h2H2,1H3;1,3H3. The van der Waals surface area contributed by atoms with Crippen LogP contribution in [-0.2, 0) is 4.43 Å². The van der Waals surface area contributed by atoms with Gasteiger partial charge >= 0.3 is 6.00 Å². The number of hydrogen-bond donors (Lipinski definition) is 0. The van der Waals surface area contributed by atoms with Gasteiger partial charge in [-0.15, -0.1) is 33.2 Å². The second-order valence-corrected chi connectivity index (χ2v) is 11.7. The van der Waals surface area contributed by atoms with E-state index in [2.05, 4.69) is 4.43 Å². The zero-order valence-corrected chi connectivity index (χ0v) is 11.0. The fraction of sp³-hybridized carbons (Fsp3) is 1.00. The summed E-state index contributed by atoms with van der Waals surface area (Å²) in [6.07, 6.45) is 0. The lowest BCUT2D eigenvalue weighted by Crippen LogP contribution is -2.04. The molecule has 0 fully saturated rings. The van der Waals surface area contributed by atoms with Crippen LogP contribution in [0.4, 0.5) is 0 Å². The zero-order valence-electron chi connectivity index (χ0n) is 5.75. The predicted molar refractivity (Wildman–Crippen MR) is 50.7 cm³/mol. The average molecular weight is 226 g/mol. The van der Waals surface area contributed by atoms with Gasteiger partial charge in [0.2, 0.25) is 0 Å². The Balaban J connectivity index is 0. The molecule has 0 aromatic heterocycles. The molecule has 0 aromatic carbocycles. The molecule has 0 saturated heterocycles. The summed E-state index contributed by atoms with van der Waals surface area (Å²) >= 11 is 16.2. The molecule has 0 unspecified atom stereocenters. The summed E-state index contributed by atoms with van der Waals surface area (Å²) in [5.74, 6) is 0. The van der Waals surface area contributed by atoms with Crippen molar-refractivity contribution < 1.29 is 4.43 Å². The summed E-state index contributed by atoms with van der Waals surface area (Å²) < 4.78 is 4.39. The summed E-state index contributed by atoms with van der Waals surface area (Å²) in [6, 6.07) is -1.51. The molecule has 0 bridgehead atoms.